The van der Waals surface area contributed by atoms with Crippen LogP contribution in [0.4, 0.5) is 0 Å². The highest BCUT2D eigenvalue weighted by atomic mass is 14.1. The molecule has 0 nitrogen and oxygen atoms in total. The summed E-state index contributed by atoms with van der Waals surface area (Å²) in [6, 6.07) is 0. The number of hydrogen-bond acceptors (Lipinski definition) is 0. The molecule has 0 radical (unpaired) electrons. The predicted molar refractivity (Wildman–Crippen MR) is 98.6 cm³/mol. The average molecular weight is 289 g/mol. The Kier molecular flexibility index (Phi) is 13.2. The summed E-state index contributed by atoms with van der Waals surface area (Å²) in [4.78, 5) is 0. The summed E-state index contributed by atoms with van der Waals surface area (Å²) >= 11 is 0. The second-order valence-corrected chi connectivity index (χ2v) is 6.10. The lowest BCUT2D eigenvalue weighted by atomic mass is 9.88. The van der Waals surface area contributed by atoms with Crippen LogP contribution < -0.4 is 0 Å². The van der Waals surface area contributed by atoms with Gasteiger partial charge >= 0.3 is 0 Å². The molecule has 2 atom stereocenters. The summed E-state index contributed by atoms with van der Waals surface area (Å²) in [7, 11) is 0. The summed E-state index contributed by atoms with van der Waals surface area (Å²) in [5, 5.41) is 0. The van der Waals surface area contributed by atoms with Crippen molar-refractivity contribution in [2.45, 2.75) is 72.6 Å². The van der Waals surface area contributed by atoms with E-state index in [0.29, 0.717) is 5.92 Å². The van der Waals surface area contributed by atoms with Crippen molar-refractivity contribution in [1.29, 1.82) is 0 Å². The van der Waals surface area contributed by atoms with Gasteiger partial charge in [-0.15, -0.1) is 0 Å². The van der Waals surface area contributed by atoms with E-state index in [1.165, 1.54) is 50.5 Å². The van der Waals surface area contributed by atoms with Crippen LogP contribution in [0.1, 0.15) is 72.6 Å². The van der Waals surface area contributed by atoms with Crippen molar-refractivity contribution in [3.05, 3.63) is 48.6 Å². The van der Waals surface area contributed by atoms with Crippen LogP contribution in [0.15, 0.2) is 48.6 Å². The van der Waals surface area contributed by atoms with Crippen molar-refractivity contribution in [3.8, 4) is 0 Å². The molecule has 0 aliphatic rings. The predicted octanol–water partition coefficient (Wildman–Crippen LogP) is 7.25. The molecule has 0 rings (SSSR count). The van der Waals surface area contributed by atoms with E-state index in [4.69, 9.17) is 0 Å². The minimum atomic E-state index is 0.652. The van der Waals surface area contributed by atoms with Gasteiger partial charge < -0.3 is 0 Å². The third-order valence-electron chi connectivity index (χ3n) is 4.04. The maximum absolute atomic E-state index is 3.78. The summed E-state index contributed by atoms with van der Waals surface area (Å²) in [6.45, 7) is 12.8. The normalized spacial score (nSPS) is 15.7. The molecule has 0 heteroatoms. The lowest BCUT2D eigenvalue weighted by Crippen LogP contribution is -2.04. The molecule has 0 saturated carbocycles. The van der Waals surface area contributed by atoms with Crippen molar-refractivity contribution < 1.29 is 0 Å². The van der Waals surface area contributed by atoms with Crippen molar-refractivity contribution >= 4 is 0 Å². The second kappa shape index (κ2) is 13.9. The van der Waals surface area contributed by atoms with Gasteiger partial charge in [0.2, 0.25) is 0 Å². The van der Waals surface area contributed by atoms with Gasteiger partial charge in [0.05, 0.1) is 0 Å². The molecule has 120 valence electrons. The van der Waals surface area contributed by atoms with E-state index in [2.05, 4.69) is 64.7 Å². The molecule has 0 aromatic carbocycles. The van der Waals surface area contributed by atoms with Gasteiger partial charge in [-0.1, -0.05) is 102 Å². The molecule has 21 heavy (non-hydrogen) atoms. The van der Waals surface area contributed by atoms with Crippen molar-refractivity contribution in [1.82, 2.24) is 0 Å². The van der Waals surface area contributed by atoms with Gasteiger partial charge in [-0.3, -0.25) is 0 Å². The Morgan fingerprint density at radius 2 is 1.86 bits per heavy atom. The maximum atomic E-state index is 3.78. The first-order valence-corrected chi connectivity index (χ1v) is 8.81. The third kappa shape index (κ3) is 11.3. The van der Waals surface area contributed by atoms with Gasteiger partial charge in [-0.05, 0) is 30.8 Å². The lowest BCUT2D eigenvalue weighted by molar-refractivity contribution is 0.378. The Bertz CT molecular complexity index is 330. The SMILES string of the molecule is C=C/C=C(\C=C/C)/C=C/C(C)CC(CC)CCCCCC. The lowest BCUT2D eigenvalue weighted by Gasteiger charge is -2.17. The van der Waals surface area contributed by atoms with E-state index in [-0.39, 0.29) is 0 Å². The second-order valence-electron chi connectivity index (χ2n) is 6.10. The number of rotatable bonds is 12. The highest BCUT2D eigenvalue weighted by molar-refractivity contribution is 5.33. The van der Waals surface area contributed by atoms with E-state index in [1.807, 2.05) is 6.08 Å². The number of hydrogen-bond donors (Lipinski definition) is 0. The Hall–Kier alpha value is -1.04. The number of allylic oxidation sites excluding steroid dienone is 7. The topological polar surface area (TPSA) is 0 Å². The number of unbranched alkanes of at least 4 members (excludes halogenated alkanes) is 3. The molecule has 0 aliphatic carbocycles. The van der Waals surface area contributed by atoms with Gasteiger partial charge in [-0.2, -0.15) is 0 Å². The molecule has 0 aromatic rings. The van der Waals surface area contributed by atoms with Crippen molar-refractivity contribution in [3.63, 3.8) is 0 Å². The monoisotopic (exact) mass is 288 g/mol. The van der Waals surface area contributed by atoms with Crippen LogP contribution in [-0.2, 0) is 0 Å². The van der Waals surface area contributed by atoms with Crippen LogP contribution in [0.5, 0.6) is 0 Å². The molecule has 0 heterocycles. The molecule has 0 N–H and O–H groups in total. The molecule has 0 fully saturated rings. The highest BCUT2D eigenvalue weighted by Crippen LogP contribution is 2.23. The van der Waals surface area contributed by atoms with Crippen LogP contribution >= 0.6 is 0 Å². The minimum absolute atomic E-state index is 0.652. The van der Waals surface area contributed by atoms with E-state index >= 15 is 0 Å². The molecule has 0 aromatic heterocycles. The van der Waals surface area contributed by atoms with Gasteiger partial charge in [0, 0.05) is 0 Å². The molecule has 0 saturated heterocycles. The van der Waals surface area contributed by atoms with Gasteiger partial charge in [0.25, 0.3) is 0 Å². The fourth-order valence-electron chi connectivity index (χ4n) is 2.72. The Morgan fingerprint density at radius 3 is 2.43 bits per heavy atom. The van der Waals surface area contributed by atoms with E-state index in [0.717, 1.165) is 5.92 Å². The smallest absolute Gasteiger partial charge is 0.0256 e. The largest absolute Gasteiger partial charge is 0.0990 e. The van der Waals surface area contributed by atoms with E-state index in [9.17, 15) is 0 Å². The van der Waals surface area contributed by atoms with Gasteiger partial charge in [0.15, 0.2) is 0 Å². The van der Waals surface area contributed by atoms with Crippen LogP contribution in [-0.4, -0.2) is 0 Å². The van der Waals surface area contributed by atoms with E-state index < -0.39 is 0 Å². The zero-order chi connectivity index (χ0) is 15.9. The van der Waals surface area contributed by atoms with E-state index in [1.54, 1.807) is 0 Å². The summed E-state index contributed by atoms with van der Waals surface area (Å²) in [5.41, 5.74) is 1.23. The Morgan fingerprint density at radius 1 is 1.10 bits per heavy atom. The molecular weight excluding hydrogens is 252 g/mol. The zero-order valence-corrected chi connectivity index (χ0v) is 14.8. The Labute approximate surface area is 133 Å². The third-order valence-corrected chi connectivity index (χ3v) is 4.04. The first-order chi connectivity index (χ1) is 10.2. The van der Waals surface area contributed by atoms with Crippen LogP contribution in [0.25, 0.3) is 0 Å². The molecule has 2 unspecified atom stereocenters. The fourth-order valence-corrected chi connectivity index (χ4v) is 2.72. The summed E-state index contributed by atoms with van der Waals surface area (Å²) in [6.07, 6.45) is 22.3. The molecule has 0 spiro atoms. The fraction of sp³-hybridized carbons (Fsp3) is 0.619. The Balaban J connectivity index is 4.27. The van der Waals surface area contributed by atoms with Crippen LogP contribution in [0, 0.1) is 11.8 Å². The summed E-state index contributed by atoms with van der Waals surface area (Å²) in [5.74, 6) is 1.54. The quantitative estimate of drug-likeness (QED) is 0.262. The molecule has 0 amide bonds. The summed E-state index contributed by atoms with van der Waals surface area (Å²) < 4.78 is 0. The van der Waals surface area contributed by atoms with Crippen LogP contribution in [0.3, 0.4) is 0 Å². The minimum Gasteiger partial charge on any atom is -0.0990 e. The molecule has 0 aliphatic heterocycles. The molecule has 0 bridgehead atoms. The standard InChI is InChI=1S/C21H36/c1-6-10-11-12-15-20(9-4)18-19(5)16-17-21(13-7-2)14-8-3/h7-8,13-14,16-17,19-20H,2,6,9-12,15,18H2,1,3-5H3/b14-8-,17-16+,21-13+. The van der Waals surface area contributed by atoms with Crippen LogP contribution in [0.2, 0.25) is 0 Å². The van der Waals surface area contributed by atoms with Gasteiger partial charge in [0.1, 0.15) is 0 Å². The molecular formula is C21H36. The highest BCUT2D eigenvalue weighted by Gasteiger charge is 2.09. The van der Waals surface area contributed by atoms with Gasteiger partial charge in [-0.25, -0.2) is 0 Å². The average Bonchev–Trinajstić information content (AvgIpc) is 2.48. The van der Waals surface area contributed by atoms with Crippen molar-refractivity contribution in [2.24, 2.45) is 11.8 Å². The van der Waals surface area contributed by atoms with Crippen molar-refractivity contribution in [2.75, 3.05) is 0 Å². The zero-order valence-electron chi connectivity index (χ0n) is 14.8. The first kappa shape index (κ1) is 20.0. The first-order valence-electron chi connectivity index (χ1n) is 8.81. The maximum Gasteiger partial charge on any atom is -0.0256 e.